The topological polar surface area (TPSA) is 54.0 Å². The summed E-state index contributed by atoms with van der Waals surface area (Å²) in [5.41, 5.74) is 0.187. The molecule has 2 saturated heterocycles. The molecule has 0 amide bonds. The highest BCUT2D eigenvalue weighted by molar-refractivity contribution is 5.94. The van der Waals surface area contributed by atoms with E-state index in [1.54, 1.807) is 0 Å². The predicted octanol–water partition coefficient (Wildman–Crippen LogP) is 2.18. The zero-order valence-corrected chi connectivity index (χ0v) is 12.8. The van der Waals surface area contributed by atoms with Gasteiger partial charge in [-0.15, -0.1) is 0 Å². The van der Waals surface area contributed by atoms with Crippen LogP contribution in [0.3, 0.4) is 0 Å². The second-order valence-corrected chi connectivity index (χ2v) is 6.62. The van der Waals surface area contributed by atoms with Crippen LogP contribution >= 0.6 is 0 Å². The highest BCUT2D eigenvalue weighted by Crippen LogP contribution is 2.50. The Balaban J connectivity index is 1.55. The summed E-state index contributed by atoms with van der Waals surface area (Å²) in [5.74, 6) is -0.622. The summed E-state index contributed by atoms with van der Waals surface area (Å²) < 4.78 is 23.7. The van der Waals surface area contributed by atoms with E-state index in [1.807, 2.05) is 44.2 Å². The maximum Gasteiger partial charge on any atom is 0.191 e. The fourth-order valence-corrected chi connectivity index (χ4v) is 3.48. The number of fused-ring (bicyclic) bond motifs is 1. The summed E-state index contributed by atoms with van der Waals surface area (Å²) >= 11 is 0. The lowest BCUT2D eigenvalue weighted by atomic mass is 9.74. The second kappa shape index (κ2) is 4.86. The number of ketones is 1. The lowest BCUT2D eigenvalue weighted by Crippen LogP contribution is -2.58. The molecule has 0 aromatic heterocycles. The number of rotatable bonds is 3. The zero-order valence-electron chi connectivity index (χ0n) is 12.8. The lowest BCUT2D eigenvalue weighted by molar-refractivity contribution is -0.250. The van der Waals surface area contributed by atoms with Crippen molar-refractivity contribution < 1.29 is 23.7 Å². The summed E-state index contributed by atoms with van der Waals surface area (Å²) in [6.07, 6.45) is -0.0943. The molecule has 3 aliphatic rings. The van der Waals surface area contributed by atoms with Crippen LogP contribution in [-0.4, -0.2) is 35.7 Å². The number of Topliss-reactive ketones (excluding diaryl/α,β-unsaturated/α-hetero) is 1. The quantitative estimate of drug-likeness (QED) is 0.856. The SMILES string of the molecule is CC1(C)OC2[C@@H](O1)O[C@]1(CCC1=O)[C@H]2OCc1ccccc1. The highest BCUT2D eigenvalue weighted by atomic mass is 16.8. The summed E-state index contributed by atoms with van der Waals surface area (Å²) in [6.45, 7) is 4.12. The van der Waals surface area contributed by atoms with Crippen LogP contribution in [0.4, 0.5) is 0 Å². The fourth-order valence-electron chi connectivity index (χ4n) is 3.48. The Morgan fingerprint density at radius 3 is 2.59 bits per heavy atom. The third kappa shape index (κ3) is 2.12. The summed E-state index contributed by atoms with van der Waals surface area (Å²) in [5, 5.41) is 0. The molecule has 22 heavy (non-hydrogen) atoms. The molecule has 0 N–H and O–H groups in total. The van der Waals surface area contributed by atoms with Crippen molar-refractivity contribution in [2.24, 2.45) is 0 Å². The van der Waals surface area contributed by atoms with E-state index in [4.69, 9.17) is 18.9 Å². The van der Waals surface area contributed by atoms with Gasteiger partial charge in [-0.25, -0.2) is 0 Å². The van der Waals surface area contributed by atoms with Gasteiger partial charge in [0.15, 0.2) is 23.5 Å². The van der Waals surface area contributed by atoms with Crippen LogP contribution in [0.15, 0.2) is 30.3 Å². The van der Waals surface area contributed by atoms with Crippen molar-refractivity contribution in [3.8, 4) is 0 Å². The van der Waals surface area contributed by atoms with Gasteiger partial charge in [-0.1, -0.05) is 30.3 Å². The Labute approximate surface area is 129 Å². The molecule has 1 aromatic rings. The predicted molar refractivity (Wildman–Crippen MR) is 76.9 cm³/mol. The van der Waals surface area contributed by atoms with Gasteiger partial charge in [0.2, 0.25) is 0 Å². The average Bonchev–Trinajstić information content (AvgIpc) is 2.95. The Kier molecular flexibility index (Phi) is 3.17. The van der Waals surface area contributed by atoms with Crippen molar-refractivity contribution in [1.29, 1.82) is 0 Å². The number of carbonyl (C=O) groups excluding carboxylic acids is 1. The van der Waals surface area contributed by atoms with Crippen molar-refractivity contribution in [2.75, 3.05) is 0 Å². The zero-order chi connectivity index (χ0) is 15.4. The summed E-state index contributed by atoms with van der Waals surface area (Å²) in [4.78, 5) is 12.2. The molecular formula is C17H20O5. The molecule has 1 aliphatic carbocycles. The molecule has 0 radical (unpaired) electrons. The van der Waals surface area contributed by atoms with Crippen molar-refractivity contribution >= 4 is 5.78 Å². The summed E-state index contributed by atoms with van der Waals surface area (Å²) in [6, 6.07) is 9.90. The van der Waals surface area contributed by atoms with Gasteiger partial charge < -0.3 is 18.9 Å². The van der Waals surface area contributed by atoms with Gasteiger partial charge in [0.25, 0.3) is 0 Å². The molecule has 4 atom stereocenters. The molecule has 1 spiro atoms. The number of ether oxygens (including phenoxy) is 4. The second-order valence-electron chi connectivity index (χ2n) is 6.62. The van der Waals surface area contributed by atoms with E-state index in [-0.39, 0.29) is 11.9 Å². The van der Waals surface area contributed by atoms with Crippen molar-refractivity contribution in [3.05, 3.63) is 35.9 Å². The molecule has 1 saturated carbocycles. The Hall–Kier alpha value is -1.27. The van der Waals surface area contributed by atoms with E-state index in [9.17, 15) is 4.79 Å². The maximum absolute atomic E-state index is 12.2. The minimum absolute atomic E-state index is 0.0879. The van der Waals surface area contributed by atoms with Crippen LogP contribution in [0.2, 0.25) is 0 Å². The maximum atomic E-state index is 12.2. The Morgan fingerprint density at radius 1 is 1.18 bits per heavy atom. The van der Waals surface area contributed by atoms with Gasteiger partial charge in [0.05, 0.1) is 6.61 Å². The van der Waals surface area contributed by atoms with Crippen LogP contribution in [0, 0.1) is 0 Å². The van der Waals surface area contributed by atoms with Gasteiger partial charge in [0, 0.05) is 6.42 Å². The first-order valence-corrected chi connectivity index (χ1v) is 7.72. The van der Waals surface area contributed by atoms with E-state index in [2.05, 4.69) is 0 Å². The van der Waals surface area contributed by atoms with Crippen LogP contribution in [0.25, 0.3) is 0 Å². The van der Waals surface area contributed by atoms with Gasteiger partial charge in [-0.05, 0) is 25.8 Å². The third-order valence-corrected chi connectivity index (χ3v) is 4.64. The molecule has 4 rings (SSSR count). The highest BCUT2D eigenvalue weighted by Gasteiger charge is 2.68. The molecule has 3 fully saturated rings. The molecule has 1 aromatic carbocycles. The van der Waals surface area contributed by atoms with E-state index in [0.29, 0.717) is 19.4 Å². The minimum atomic E-state index is -0.874. The molecule has 2 heterocycles. The van der Waals surface area contributed by atoms with E-state index >= 15 is 0 Å². The smallest absolute Gasteiger partial charge is 0.191 e. The van der Waals surface area contributed by atoms with Crippen LogP contribution in [0.1, 0.15) is 32.3 Å². The average molecular weight is 304 g/mol. The molecule has 5 nitrogen and oxygen atoms in total. The first-order valence-electron chi connectivity index (χ1n) is 7.72. The Morgan fingerprint density at radius 2 is 1.95 bits per heavy atom. The standard InChI is InChI=1S/C17H20O5/c1-16(2)20-13-14(19-10-11-6-4-3-5-7-11)17(9-8-12(17)18)22-15(13)21-16/h3-7,13-15H,8-10H2,1-2H3/t13?,14-,15-,17-/m0/s1. The van der Waals surface area contributed by atoms with Crippen LogP contribution in [0.5, 0.6) is 0 Å². The fraction of sp³-hybridized carbons (Fsp3) is 0.588. The third-order valence-electron chi connectivity index (χ3n) is 4.64. The van der Waals surface area contributed by atoms with Gasteiger partial charge >= 0.3 is 0 Å². The Bertz CT molecular complexity index is 584. The first kappa shape index (κ1) is 14.3. The number of hydrogen-bond donors (Lipinski definition) is 0. The van der Waals surface area contributed by atoms with E-state index in [0.717, 1.165) is 5.56 Å². The van der Waals surface area contributed by atoms with E-state index < -0.39 is 23.8 Å². The van der Waals surface area contributed by atoms with E-state index in [1.165, 1.54) is 0 Å². The largest absolute Gasteiger partial charge is 0.367 e. The molecule has 2 aliphatic heterocycles. The molecule has 1 unspecified atom stereocenters. The molecular weight excluding hydrogens is 284 g/mol. The first-order chi connectivity index (χ1) is 10.5. The van der Waals surface area contributed by atoms with Crippen molar-refractivity contribution in [1.82, 2.24) is 0 Å². The van der Waals surface area contributed by atoms with Crippen LogP contribution in [-0.2, 0) is 30.3 Å². The minimum Gasteiger partial charge on any atom is -0.367 e. The van der Waals surface area contributed by atoms with Gasteiger partial charge in [-0.3, -0.25) is 4.79 Å². The molecule has 5 heteroatoms. The van der Waals surface area contributed by atoms with Crippen LogP contribution < -0.4 is 0 Å². The monoisotopic (exact) mass is 304 g/mol. The number of hydrogen-bond acceptors (Lipinski definition) is 5. The molecule has 118 valence electrons. The van der Waals surface area contributed by atoms with Gasteiger partial charge in [-0.2, -0.15) is 0 Å². The van der Waals surface area contributed by atoms with Crippen molar-refractivity contribution in [2.45, 2.75) is 63.2 Å². The summed E-state index contributed by atoms with van der Waals surface area (Å²) in [7, 11) is 0. The van der Waals surface area contributed by atoms with Crippen molar-refractivity contribution in [3.63, 3.8) is 0 Å². The lowest BCUT2D eigenvalue weighted by Gasteiger charge is -2.41. The van der Waals surface area contributed by atoms with Gasteiger partial charge in [0.1, 0.15) is 12.2 Å². The molecule has 0 bridgehead atoms. The normalized spacial score (nSPS) is 39.0. The number of carbonyl (C=O) groups is 1. The number of benzene rings is 1.